The predicted molar refractivity (Wildman–Crippen MR) is 104 cm³/mol. The van der Waals surface area contributed by atoms with Gasteiger partial charge in [-0.3, -0.25) is 14.6 Å². The molecule has 7 heteroatoms. The van der Waals surface area contributed by atoms with Gasteiger partial charge in [0.15, 0.2) is 0 Å². The molecule has 146 valence electrons. The van der Waals surface area contributed by atoms with Crippen LogP contribution in [0.5, 0.6) is 0 Å². The Hall–Kier alpha value is -3.22. The normalized spacial score (nSPS) is 14.1. The topological polar surface area (TPSA) is 88.6 Å². The van der Waals surface area contributed by atoms with Crippen LogP contribution in [-0.2, 0) is 20.7 Å². The molecule has 1 aliphatic carbocycles. The van der Waals surface area contributed by atoms with Gasteiger partial charge in [-0.2, -0.15) is 0 Å². The minimum atomic E-state index is -1.06. The van der Waals surface area contributed by atoms with Crippen LogP contribution in [-0.4, -0.2) is 48.4 Å². The van der Waals surface area contributed by atoms with Gasteiger partial charge < -0.3 is 15.0 Å². The fourth-order valence-corrected chi connectivity index (χ4v) is 3.10. The van der Waals surface area contributed by atoms with Crippen LogP contribution in [0, 0.1) is 5.41 Å². The number of esters is 1. The Kier molecular flexibility index (Phi) is 5.73. The van der Waals surface area contributed by atoms with E-state index in [9.17, 15) is 14.4 Å². The molecule has 2 aromatic rings. The number of nitrogens with zero attached hydrogens (tertiary/aromatic N) is 2. The van der Waals surface area contributed by atoms with E-state index in [-0.39, 0.29) is 17.4 Å². The SMILES string of the molecule is COC(=O)c1ccccc1NC(=O)C1(C(=O)N(C)CCc2ccncc2)CC1. The van der Waals surface area contributed by atoms with E-state index in [2.05, 4.69) is 10.3 Å². The molecular weight excluding hydrogens is 358 g/mol. The number of likely N-dealkylation sites (N-methyl/N-ethyl adjacent to an activating group) is 1. The van der Waals surface area contributed by atoms with Gasteiger partial charge in [0.05, 0.1) is 18.4 Å². The molecule has 1 aliphatic rings. The highest BCUT2D eigenvalue weighted by molar-refractivity contribution is 6.14. The van der Waals surface area contributed by atoms with Crippen molar-refractivity contribution in [1.29, 1.82) is 0 Å². The molecule has 0 saturated heterocycles. The van der Waals surface area contributed by atoms with Crippen molar-refractivity contribution in [2.24, 2.45) is 5.41 Å². The van der Waals surface area contributed by atoms with Crippen molar-refractivity contribution in [3.8, 4) is 0 Å². The van der Waals surface area contributed by atoms with E-state index in [1.165, 1.54) is 7.11 Å². The molecule has 0 unspecified atom stereocenters. The Balaban J connectivity index is 1.66. The van der Waals surface area contributed by atoms with Crippen LogP contribution < -0.4 is 5.32 Å². The summed E-state index contributed by atoms with van der Waals surface area (Å²) in [6.07, 6.45) is 5.11. The standard InChI is InChI=1S/C21H23N3O4/c1-24(14-9-15-7-12-22-13-8-15)20(27)21(10-11-21)19(26)23-17-6-4-3-5-16(17)18(25)28-2/h3-8,12-13H,9-11,14H2,1-2H3,(H,23,26). The van der Waals surface area contributed by atoms with Crippen LogP contribution in [0.4, 0.5) is 5.69 Å². The number of nitrogens with one attached hydrogen (secondary N) is 1. The number of aromatic nitrogens is 1. The first kappa shape index (κ1) is 19.5. The fourth-order valence-electron chi connectivity index (χ4n) is 3.10. The van der Waals surface area contributed by atoms with Crippen molar-refractivity contribution < 1.29 is 19.1 Å². The van der Waals surface area contributed by atoms with Crippen LogP contribution in [0.25, 0.3) is 0 Å². The summed E-state index contributed by atoms with van der Waals surface area (Å²) in [6, 6.07) is 10.4. The van der Waals surface area contributed by atoms with Gasteiger partial charge in [0, 0.05) is 26.0 Å². The van der Waals surface area contributed by atoms with E-state index in [0.717, 1.165) is 5.56 Å². The number of methoxy groups -OCH3 is 1. The number of para-hydroxylation sites is 1. The summed E-state index contributed by atoms with van der Waals surface area (Å²) in [5.74, 6) is -1.12. The molecule has 0 atom stereocenters. The van der Waals surface area contributed by atoms with Gasteiger partial charge >= 0.3 is 5.97 Å². The summed E-state index contributed by atoms with van der Waals surface area (Å²) < 4.78 is 4.75. The number of pyridine rings is 1. The van der Waals surface area contributed by atoms with E-state index in [1.807, 2.05) is 12.1 Å². The van der Waals surface area contributed by atoms with Gasteiger partial charge in [-0.1, -0.05) is 12.1 Å². The van der Waals surface area contributed by atoms with Crippen LogP contribution in [0.15, 0.2) is 48.8 Å². The van der Waals surface area contributed by atoms with Gasteiger partial charge in [0.2, 0.25) is 11.8 Å². The van der Waals surface area contributed by atoms with Crippen molar-refractivity contribution in [3.63, 3.8) is 0 Å². The Morgan fingerprint density at radius 1 is 1.14 bits per heavy atom. The summed E-state index contributed by atoms with van der Waals surface area (Å²) in [7, 11) is 2.99. The van der Waals surface area contributed by atoms with E-state index < -0.39 is 11.4 Å². The largest absolute Gasteiger partial charge is 0.465 e. The first-order valence-corrected chi connectivity index (χ1v) is 9.11. The second-order valence-electron chi connectivity index (χ2n) is 6.91. The smallest absolute Gasteiger partial charge is 0.339 e. The highest BCUT2D eigenvalue weighted by Crippen LogP contribution is 2.48. The number of amides is 2. The molecule has 3 rings (SSSR count). The maximum atomic E-state index is 12.9. The average Bonchev–Trinajstić information content (AvgIpc) is 3.54. The minimum Gasteiger partial charge on any atom is -0.465 e. The summed E-state index contributed by atoms with van der Waals surface area (Å²) in [4.78, 5) is 43.2. The third kappa shape index (κ3) is 4.03. The fraction of sp³-hybridized carbons (Fsp3) is 0.333. The number of ether oxygens (including phenoxy) is 1. The van der Waals surface area contributed by atoms with Crippen molar-refractivity contribution >= 4 is 23.5 Å². The molecule has 1 N–H and O–H groups in total. The Morgan fingerprint density at radius 3 is 2.46 bits per heavy atom. The molecule has 0 bridgehead atoms. The van der Waals surface area contributed by atoms with E-state index in [0.29, 0.717) is 31.5 Å². The Bertz CT molecular complexity index is 878. The lowest BCUT2D eigenvalue weighted by Gasteiger charge is -2.23. The van der Waals surface area contributed by atoms with E-state index in [1.54, 1.807) is 48.6 Å². The zero-order valence-electron chi connectivity index (χ0n) is 16.0. The van der Waals surface area contributed by atoms with Crippen LogP contribution >= 0.6 is 0 Å². The maximum absolute atomic E-state index is 12.9. The molecule has 0 radical (unpaired) electrons. The van der Waals surface area contributed by atoms with Gasteiger partial charge in [0.25, 0.3) is 0 Å². The molecule has 0 aliphatic heterocycles. The molecule has 0 spiro atoms. The Morgan fingerprint density at radius 2 is 1.82 bits per heavy atom. The maximum Gasteiger partial charge on any atom is 0.339 e. The first-order chi connectivity index (χ1) is 13.5. The van der Waals surface area contributed by atoms with Gasteiger partial charge in [0.1, 0.15) is 5.41 Å². The summed E-state index contributed by atoms with van der Waals surface area (Å²) in [5.41, 5.74) is 0.623. The summed E-state index contributed by atoms with van der Waals surface area (Å²) in [5, 5.41) is 2.74. The quantitative estimate of drug-likeness (QED) is 0.587. The van der Waals surface area contributed by atoms with Crippen LogP contribution in [0.1, 0.15) is 28.8 Å². The second-order valence-corrected chi connectivity index (χ2v) is 6.91. The second kappa shape index (κ2) is 8.21. The molecule has 1 heterocycles. The zero-order chi connectivity index (χ0) is 20.1. The molecule has 1 fully saturated rings. The van der Waals surface area contributed by atoms with E-state index >= 15 is 0 Å². The molecule has 1 aromatic carbocycles. The third-order valence-corrected chi connectivity index (χ3v) is 5.01. The van der Waals surface area contributed by atoms with Crippen LogP contribution in [0.3, 0.4) is 0 Å². The summed E-state index contributed by atoms with van der Waals surface area (Å²) in [6.45, 7) is 0.511. The molecule has 7 nitrogen and oxygen atoms in total. The van der Waals surface area contributed by atoms with Crippen molar-refractivity contribution in [2.45, 2.75) is 19.3 Å². The molecule has 1 saturated carbocycles. The third-order valence-electron chi connectivity index (χ3n) is 5.01. The number of hydrogen-bond acceptors (Lipinski definition) is 5. The van der Waals surface area contributed by atoms with Crippen molar-refractivity contribution in [3.05, 3.63) is 59.9 Å². The van der Waals surface area contributed by atoms with Gasteiger partial charge in [-0.25, -0.2) is 4.79 Å². The van der Waals surface area contributed by atoms with Gasteiger partial charge in [-0.05, 0) is 49.1 Å². The first-order valence-electron chi connectivity index (χ1n) is 9.11. The average molecular weight is 381 g/mol. The zero-order valence-corrected chi connectivity index (χ0v) is 16.0. The molecule has 2 amide bonds. The number of carbonyl (C=O) groups is 3. The highest BCUT2D eigenvalue weighted by Gasteiger charge is 2.57. The number of hydrogen-bond donors (Lipinski definition) is 1. The summed E-state index contributed by atoms with van der Waals surface area (Å²) >= 11 is 0. The lowest BCUT2D eigenvalue weighted by Crippen LogP contribution is -2.42. The molecule has 1 aromatic heterocycles. The lowest BCUT2D eigenvalue weighted by atomic mass is 10.0. The number of rotatable bonds is 7. The lowest BCUT2D eigenvalue weighted by molar-refractivity contribution is -0.141. The highest BCUT2D eigenvalue weighted by atomic mass is 16.5. The Labute approximate surface area is 163 Å². The van der Waals surface area contributed by atoms with Crippen molar-refractivity contribution in [1.82, 2.24) is 9.88 Å². The monoisotopic (exact) mass is 381 g/mol. The minimum absolute atomic E-state index is 0.199. The van der Waals surface area contributed by atoms with Crippen LogP contribution in [0.2, 0.25) is 0 Å². The number of anilines is 1. The molecular formula is C21H23N3O4. The van der Waals surface area contributed by atoms with E-state index in [4.69, 9.17) is 4.74 Å². The number of benzene rings is 1. The van der Waals surface area contributed by atoms with Gasteiger partial charge in [-0.15, -0.1) is 0 Å². The predicted octanol–water partition coefficient (Wildman–Crippen LogP) is 2.29. The number of carbonyl (C=O) groups excluding carboxylic acids is 3. The van der Waals surface area contributed by atoms with Crippen molar-refractivity contribution in [2.75, 3.05) is 26.0 Å². The molecule has 28 heavy (non-hydrogen) atoms.